The summed E-state index contributed by atoms with van der Waals surface area (Å²) in [5, 5.41) is 0. The summed E-state index contributed by atoms with van der Waals surface area (Å²) in [7, 11) is 0. The third kappa shape index (κ3) is 1.13. The number of nitrogens with one attached hydrogen (secondary N) is 1. The van der Waals surface area contributed by atoms with E-state index in [1.807, 2.05) is 0 Å². The fraction of sp³-hybridized carbons (Fsp3) is 0. The predicted octanol–water partition coefficient (Wildman–Crippen LogP) is 0.956. The molecule has 16 heavy (non-hydrogen) atoms. The smallest absolute Gasteiger partial charge is 0.182 e. The molecule has 0 aliphatic heterocycles. The number of imidazole rings is 1. The number of carbonyl (C=O) groups is 1. The molecule has 3 rings (SSSR count). The number of carbonyl (C=O) groups excluding carboxylic acids is 1. The fourth-order valence-corrected chi connectivity index (χ4v) is 1.62. The van der Waals surface area contributed by atoms with E-state index in [1.54, 1.807) is 29.2 Å². The number of aromatic nitrogens is 5. The first-order valence-corrected chi connectivity index (χ1v) is 4.67. The maximum Gasteiger partial charge on any atom is 0.182 e. The molecule has 0 saturated carbocycles. The van der Waals surface area contributed by atoms with Gasteiger partial charge >= 0.3 is 0 Å². The topological polar surface area (TPSA) is 76.5 Å². The minimum absolute atomic E-state index is 0.537. The fourth-order valence-electron chi connectivity index (χ4n) is 1.62. The Bertz CT molecular complexity index is 654. The average Bonchev–Trinajstić information content (AvgIpc) is 2.96. The quantitative estimate of drug-likeness (QED) is 0.643. The highest BCUT2D eigenvalue weighted by Crippen LogP contribution is 2.16. The van der Waals surface area contributed by atoms with Crippen LogP contribution in [0.1, 0.15) is 10.5 Å². The second-order valence-corrected chi connectivity index (χ2v) is 3.22. The first-order valence-electron chi connectivity index (χ1n) is 4.67. The molecule has 6 nitrogen and oxygen atoms in total. The molecule has 0 unspecified atom stereocenters. The van der Waals surface area contributed by atoms with Gasteiger partial charge in [0.2, 0.25) is 0 Å². The molecule has 3 aromatic rings. The Kier molecular flexibility index (Phi) is 1.79. The molecule has 0 atom stereocenters. The number of rotatable bonds is 2. The largest absolute Gasteiger partial charge is 0.340 e. The van der Waals surface area contributed by atoms with Crippen LogP contribution in [0.15, 0.2) is 31.0 Å². The summed E-state index contributed by atoms with van der Waals surface area (Å²) in [5.41, 5.74) is 1.83. The molecule has 3 aromatic heterocycles. The van der Waals surface area contributed by atoms with Crippen molar-refractivity contribution in [3.05, 3.63) is 36.7 Å². The molecule has 78 valence electrons. The second-order valence-electron chi connectivity index (χ2n) is 3.22. The zero-order valence-electron chi connectivity index (χ0n) is 8.16. The molecular formula is C10H7N5O. The molecule has 3 heterocycles. The van der Waals surface area contributed by atoms with Crippen LogP contribution in [0.4, 0.5) is 0 Å². The van der Waals surface area contributed by atoms with Crippen molar-refractivity contribution >= 4 is 17.5 Å². The van der Waals surface area contributed by atoms with Crippen molar-refractivity contribution in [3.63, 3.8) is 0 Å². The van der Waals surface area contributed by atoms with Crippen molar-refractivity contribution < 1.29 is 4.79 Å². The highest BCUT2D eigenvalue weighted by molar-refractivity contribution is 5.80. The number of fused-ring (bicyclic) bond motifs is 1. The Hall–Kier alpha value is -2.50. The van der Waals surface area contributed by atoms with E-state index in [2.05, 4.69) is 19.9 Å². The van der Waals surface area contributed by atoms with E-state index in [0.29, 0.717) is 22.7 Å². The van der Waals surface area contributed by atoms with Crippen LogP contribution in [-0.4, -0.2) is 30.8 Å². The van der Waals surface area contributed by atoms with Crippen molar-refractivity contribution in [1.29, 1.82) is 0 Å². The first-order chi connectivity index (χ1) is 7.90. The number of nitrogens with zero attached hydrogens (tertiary/aromatic N) is 4. The van der Waals surface area contributed by atoms with Crippen LogP contribution in [0, 0.1) is 0 Å². The molecule has 0 amide bonds. The lowest BCUT2D eigenvalue weighted by atomic mass is 10.4. The SMILES string of the molecule is O=Cc1cccn1-c1ncnc2nc[nH]c12. The molecule has 0 saturated heterocycles. The van der Waals surface area contributed by atoms with Gasteiger partial charge in [-0.25, -0.2) is 15.0 Å². The van der Waals surface area contributed by atoms with Gasteiger partial charge in [0, 0.05) is 6.20 Å². The second kappa shape index (κ2) is 3.27. The predicted molar refractivity (Wildman–Crippen MR) is 56.4 cm³/mol. The first kappa shape index (κ1) is 8.78. The van der Waals surface area contributed by atoms with Gasteiger partial charge in [-0.2, -0.15) is 0 Å². The summed E-state index contributed by atoms with van der Waals surface area (Å²) in [5.74, 6) is 0.620. The normalized spacial score (nSPS) is 10.8. The standard InChI is InChI=1S/C10H7N5O/c16-4-7-2-1-3-15(7)10-8-9(12-5-11-8)13-6-14-10/h1-6H,(H,11,12,13,14). The lowest BCUT2D eigenvalue weighted by molar-refractivity contribution is 0.111. The molecule has 1 N–H and O–H groups in total. The van der Waals surface area contributed by atoms with Crippen molar-refractivity contribution in [2.75, 3.05) is 0 Å². The number of H-pyrrole nitrogens is 1. The third-order valence-corrected chi connectivity index (χ3v) is 2.33. The van der Waals surface area contributed by atoms with E-state index in [1.165, 1.54) is 6.33 Å². The maximum atomic E-state index is 10.8. The minimum atomic E-state index is 0.537. The number of hydrogen-bond acceptors (Lipinski definition) is 4. The molecule has 0 radical (unpaired) electrons. The van der Waals surface area contributed by atoms with Crippen LogP contribution in [0.5, 0.6) is 0 Å². The summed E-state index contributed by atoms with van der Waals surface area (Å²) in [4.78, 5) is 26.0. The number of hydrogen-bond donors (Lipinski definition) is 1. The van der Waals surface area contributed by atoms with Crippen LogP contribution in [0.2, 0.25) is 0 Å². The van der Waals surface area contributed by atoms with Crippen LogP contribution in [-0.2, 0) is 0 Å². The highest BCUT2D eigenvalue weighted by Gasteiger charge is 2.09. The zero-order valence-corrected chi connectivity index (χ0v) is 8.16. The number of aromatic amines is 1. The molecule has 0 spiro atoms. The van der Waals surface area contributed by atoms with Gasteiger partial charge in [-0.05, 0) is 12.1 Å². The van der Waals surface area contributed by atoms with E-state index >= 15 is 0 Å². The Labute approximate surface area is 90.0 Å². The van der Waals surface area contributed by atoms with E-state index in [0.717, 1.165) is 6.29 Å². The van der Waals surface area contributed by atoms with Crippen LogP contribution >= 0.6 is 0 Å². The Morgan fingerprint density at radius 3 is 3.12 bits per heavy atom. The lowest BCUT2D eigenvalue weighted by Crippen LogP contribution is -2.01. The molecule has 6 heteroatoms. The van der Waals surface area contributed by atoms with Gasteiger partial charge in [0.15, 0.2) is 17.8 Å². The maximum absolute atomic E-state index is 10.8. The van der Waals surface area contributed by atoms with Gasteiger partial charge in [0.1, 0.15) is 11.8 Å². The van der Waals surface area contributed by atoms with E-state index in [9.17, 15) is 4.79 Å². The van der Waals surface area contributed by atoms with Gasteiger partial charge in [-0.15, -0.1) is 0 Å². The summed E-state index contributed by atoms with van der Waals surface area (Å²) in [6, 6.07) is 3.51. The van der Waals surface area contributed by atoms with Crippen LogP contribution < -0.4 is 0 Å². The van der Waals surface area contributed by atoms with Gasteiger partial charge in [-0.3, -0.25) is 9.36 Å². The number of aldehydes is 1. The molecule has 0 aliphatic rings. The summed E-state index contributed by atoms with van der Waals surface area (Å²) in [6.45, 7) is 0. The Balaban J connectivity index is 2.33. The molecule has 0 fully saturated rings. The average molecular weight is 213 g/mol. The summed E-state index contributed by atoms with van der Waals surface area (Å²) in [6.07, 6.45) is 5.52. The van der Waals surface area contributed by atoms with Gasteiger partial charge < -0.3 is 4.98 Å². The summed E-state index contributed by atoms with van der Waals surface area (Å²) >= 11 is 0. The third-order valence-electron chi connectivity index (χ3n) is 2.33. The molecular weight excluding hydrogens is 206 g/mol. The summed E-state index contributed by atoms with van der Waals surface area (Å²) < 4.78 is 1.69. The van der Waals surface area contributed by atoms with Crippen molar-refractivity contribution in [1.82, 2.24) is 24.5 Å². The monoisotopic (exact) mass is 213 g/mol. The van der Waals surface area contributed by atoms with E-state index in [-0.39, 0.29) is 0 Å². The highest BCUT2D eigenvalue weighted by atomic mass is 16.1. The minimum Gasteiger partial charge on any atom is -0.340 e. The van der Waals surface area contributed by atoms with Gasteiger partial charge in [0.05, 0.1) is 12.0 Å². The molecule has 0 aromatic carbocycles. The Morgan fingerprint density at radius 2 is 2.25 bits per heavy atom. The lowest BCUT2D eigenvalue weighted by Gasteiger charge is -2.03. The van der Waals surface area contributed by atoms with Crippen molar-refractivity contribution in [2.45, 2.75) is 0 Å². The zero-order chi connectivity index (χ0) is 11.0. The molecule has 0 aliphatic carbocycles. The van der Waals surface area contributed by atoms with Crippen molar-refractivity contribution in [3.8, 4) is 5.82 Å². The Morgan fingerprint density at radius 1 is 1.31 bits per heavy atom. The van der Waals surface area contributed by atoms with Crippen LogP contribution in [0.25, 0.3) is 17.0 Å². The van der Waals surface area contributed by atoms with Gasteiger partial charge in [-0.1, -0.05) is 0 Å². The van der Waals surface area contributed by atoms with E-state index < -0.39 is 0 Å². The van der Waals surface area contributed by atoms with Gasteiger partial charge in [0.25, 0.3) is 0 Å². The van der Waals surface area contributed by atoms with Crippen LogP contribution in [0.3, 0.4) is 0 Å². The van der Waals surface area contributed by atoms with E-state index in [4.69, 9.17) is 0 Å². The molecule has 0 bridgehead atoms. The van der Waals surface area contributed by atoms with Crippen molar-refractivity contribution in [2.24, 2.45) is 0 Å².